The van der Waals surface area contributed by atoms with Crippen molar-refractivity contribution in [3.63, 3.8) is 0 Å². The lowest BCUT2D eigenvalue weighted by atomic mass is 10.2. The molecule has 1 saturated heterocycles. The highest BCUT2D eigenvalue weighted by molar-refractivity contribution is 8.00. The largest absolute Gasteiger partial charge is 0.395 e. The van der Waals surface area contributed by atoms with Crippen LogP contribution >= 0.6 is 11.8 Å². The topological polar surface area (TPSA) is 110 Å². The third-order valence-electron chi connectivity index (χ3n) is 3.05. The summed E-state index contributed by atoms with van der Waals surface area (Å²) in [5, 5.41) is 9.54. The van der Waals surface area contributed by atoms with E-state index < -0.39 is 0 Å². The first kappa shape index (κ1) is 11.5. The highest BCUT2D eigenvalue weighted by Gasteiger charge is 2.27. The second-order valence-electron chi connectivity index (χ2n) is 4.25. The Labute approximate surface area is 106 Å². The van der Waals surface area contributed by atoms with Crippen molar-refractivity contribution >= 4 is 28.9 Å². The monoisotopic (exact) mass is 267 g/mol. The zero-order chi connectivity index (χ0) is 12.7. The molecule has 96 valence electrons. The van der Waals surface area contributed by atoms with Crippen molar-refractivity contribution in [2.24, 2.45) is 0 Å². The van der Waals surface area contributed by atoms with Gasteiger partial charge in [-0.1, -0.05) is 0 Å². The molecule has 0 spiro atoms. The molecule has 3 heterocycles. The minimum Gasteiger partial charge on any atom is -0.395 e. The summed E-state index contributed by atoms with van der Waals surface area (Å²) in [6.07, 6.45) is 3.49. The molecule has 0 unspecified atom stereocenters. The Morgan fingerprint density at radius 1 is 1.61 bits per heavy atom. The smallest absolute Gasteiger partial charge is 0.280 e. The molecule has 1 aliphatic rings. The second-order valence-corrected chi connectivity index (χ2v) is 5.73. The van der Waals surface area contributed by atoms with Gasteiger partial charge in [0.1, 0.15) is 0 Å². The lowest BCUT2D eigenvalue weighted by Gasteiger charge is -2.12. The van der Waals surface area contributed by atoms with Gasteiger partial charge >= 0.3 is 0 Å². The summed E-state index contributed by atoms with van der Waals surface area (Å²) in [5.41, 5.74) is 6.04. The molecule has 2 atom stereocenters. The third kappa shape index (κ3) is 1.77. The molecule has 8 heteroatoms. The van der Waals surface area contributed by atoms with E-state index in [2.05, 4.69) is 15.0 Å². The van der Waals surface area contributed by atoms with Gasteiger partial charge in [0, 0.05) is 5.25 Å². The fourth-order valence-electron chi connectivity index (χ4n) is 2.18. The van der Waals surface area contributed by atoms with E-state index in [1.165, 1.54) is 0 Å². The molecule has 4 N–H and O–H groups in total. The van der Waals surface area contributed by atoms with Gasteiger partial charge in [-0.25, -0.2) is 4.98 Å². The number of nitrogens with one attached hydrogen (secondary N) is 1. The molecular formula is C10H13N5O2S. The van der Waals surface area contributed by atoms with Gasteiger partial charge in [-0.3, -0.25) is 9.78 Å². The number of rotatable bonds is 2. The quantitative estimate of drug-likeness (QED) is 0.711. The lowest BCUT2D eigenvalue weighted by Crippen LogP contribution is -2.12. The van der Waals surface area contributed by atoms with Crippen LogP contribution in [0.1, 0.15) is 18.2 Å². The van der Waals surface area contributed by atoms with Gasteiger partial charge in [0.15, 0.2) is 11.2 Å². The number of imidazole rings is 1. The zero-order valence-electron chi connectivity index (χ0n) is 9.54. The number of anilines is 1. The molecule has 0 aromatic carbocycles. The van der Waals surface area contributed by atoms with Crippen LogP contribution in [0.25, 0.3) is 11.2 Å². The van der Waals surface area contributed by atoms with Crippen LogP contribution in [-0.2, 0) is 0 Å². The first-order chi connectivity index (χ1) is 8.69. The summed E-state index contributed by atoms with van der Waals surface area (Å²) in [4.78, 5) is 22.3. The van der Waals surface area contributed by atoms with Gasteiger partial charge in [0.2, 0.25) is 5.95 Å². The fourth-order valence-corrected chi connectivity index (χ4v) is 3.54. The second kappa shape index (κ2) is 4.29. The molecule has 0 amide bonds. The maximum atomic E-state index is 11.7. The van der Waals surface area contributed by atoms with Crippen molar-refractivity contribution in [2.75, 3.05) is 12.3 Å². The number of fused-ring (bicyclic) bond motifs is 1. The minimum absolute atomic E-state index is 0.0935. The van der Waals surface area contributed by atoms with Gasteiger partial charge in [-0.05, 0) is 12.8 Å². The Morgan fingerprint density at radius 3 is 3.17 bits per heavy atom. The van der Waals surface area contributed by atoms with Crippen molar-refractivity contribution in [1.29, 1.82) is 0 Å². The molecule has 2 aromatic heterocycles. The minimum atomic E-state index is -0.321. The first-order valence-electron chi connectivity index (χ1n) is 5.67. The van der Waals surface area contributed by atoms with Gasteiger partial charge in [-0.15, -0.1) is 11.8 Å². The predicted molar refractivity (Wildman–Crippen MR) is 69.3 cm³/mol. The van der Waals surface area contributed by atoms with Crippen LogP contribution in [0.15, 0.2) is 11.1 Å². The number of hydrogen-bond donors (Lipinski definition) is 3. The van der Waals surface area contributed by atoms with E-state index >= 15 is 0 Å². The molecule has 3 rings (SSSR count). The summed E-state index contributed by atoms with van der Waals surface area (Å²) in [5.74, 6) is 0.0935. The number of nitrogen functional groups attached to an aromatic ring is 1. The Bertz CT molecular complexity index is 637. The number of H-pyrrole nitrogens is 1. The summed E-state index contributed by atoms with van der Waals surface area (Å²) in [7, 11) is 0. The number of aromatic nitrogens is 4. The van der Waals surface area contributed by atoms with Crippen molar-refractivity contribution in [3.8, 4) is 0 Å². The maximum Gasteiger partial charge on any atom is 0.280 e. The van der Waals surface area contributed by atoms with Crippen LogP contribution in [-0.4, -0.2) is 36.5 Å². The summed E-state index contributed by atoms with van der Waals surface area (Å²) in [6.45, 7) is 0.171. The average molecular weight is 267 g/mol. The lowest BCUT2D eigenvalue weighted by molar-refractivity contribution is 0.292. The Hall–Kier alpha value is -1.54. The molecule has 0 bridgehead atoms. The van der Waals surface area contributed by atoms with Crippen molar-refractivity contribution in [3.05, 3.63) is 16.7 Å². The summed E-state index contributed by atoms with van der Waals surface area (Å²) < 4.78 is 1.86. The Balaban J connectivity index is 2.05. The number of hydrogen-bond acceptors (Lipinski definition) is 6. The molecule has 0 saturated carbocycles. The van der Waals surface area contributed by atoms with Crippen LogP contribution in [0.4, 0.5) is 5.95 Å². The molecule has 1 fully saturated rings. The average Bonchev–Trinajstić information content (AvgIpc) is 2.93. The van der Waals surface area contributed by atoms with Crippen LogP contribution in [0.2, 0.25) is 0 Å². The van der Waals surface area contributed by atoms with E-state index in [0.717, 1.165) is 12.8 Å². The van der Waals surface area contributed by atoms with Gasteiger partial charge < -0.3 is 15.4 Å². The summed E-state index contributed by atoms with van der Waals surface area (Å²) >= 11 is 1.67. The third-order valence-corrected chi connectivity index (χ3v) is 4.60. The highest BCUT2D eigenvalue weighted by atomic mass is 32.2. The number of aromatic amines is 1. The molecule has 18 heavy (non-hydrogen) atoms. The van der Waals surface area contributed by atoms with E-state index in [9.17, 15) is 4.79 Å². The molecule has 0 aliphatic carbocycles. The standard InChI is InChI=1S/C10H13N5O2S/c11-10-13-8-7(9(17)14-10)12-4-15(8)6-2-1-5(3-16)18-6/h4-6,16H,1-3H2,(H3,11,13,14,17)/t5-,6+/m0/s1. The van der Waals surface area contributed by atoms with Crippen LogP contribution in [0.5, 0.6) is 0 Å². The van der Waals surface area contributed by atoms with E-state index in [0.29, 0.717) is 11.2 Å². The van der Waals surface area contributed by atoms with E-state index in [1.54, 1.807) is 18.1 Å². The molecule has 0 radical (unpaired) electrons. The number of aliphatic hydroxyl groups excluding tert-OH is 1. The zero-order valence-corrected chi connectivity index (χ0v) is 10.4. The van der Waals surface area contributed by atoms with Crippen LogP contribution in [0.3, 0.4) is 0 Å². The van der Waals surface area contributed by atoms with E-state index in [4.69, 9.17) is 10.8 Å². The molecule has 1 aliphatic heterocycles. The first-order valence-corrected chi connectivity index (χ1v) is 6.62. The van der Waals surface area contributed by atoms with Crippen molar-refractivity contribution in [1.82, 2.24) is 19.5 Å². The Kier molecular flexibility index (Phi) is 2.75. The van der Waals surface area contributed by atoms with Gasteiger partial charge in [-0.2, -0.15) is 4.98 Å². The van der Waals surface area contributed by atoms with Gasteiger partial charge in [0.05, 0.1) is 18.3 Å². The number of nitrogens with zero attached hydrogens (tertiary/aromatic N) is 3. The molecule has 2 aromatic rings. The predicted octanol–water partition coefficient (Wildman–Crippen LogP) is 0.0883. The van der Waals surface area contributed by atoms with E-state index in [1.807, 2.05) is 4.57 Å². The molecular weight excluding hydrogens is 254 g/mol. The number of aliphatic hydroxyl groups is 1. The maximum absolute atomic E-state index is 11.7. The summed E-state index contributed by atoms with van der Waals surface area (Å²) in [6, 6.07) is 0. The number of thioether (sulfide) groups is 1. The fraction of sp³-hybridized carbons (Fsp3) is 0.500. The Morgan fingerprint density at radius 2 is 2.44 bits per heavy atom. The molecule has 7 nitrogen and oxygen atoms in total. The van der Waals surface area contributed by atoms with Crippen LogP contribution < -0.4 is 11.3 Å². The van der Waals surface area contributed by atoms with Crippen molar-refractivity contribution in [2.45, 2.75) is 23.5 Å². The van der Waals surface area contributed by atoms with E-state index in [-0.39, 0.29) is 28.7 Å². The SMILES string of the molecule is Nc1nc2c(ncn2[C@H]2CC[C@@H](CO)S2)c(=O)[nH]1. The van der Waals surface area contributed by atoms with Gasteiger partial charge in [0.25, 0.3) is 5.56 Å². The van der Waals surface area contributed by atoms with Crippen LogP contribution in [0, 0.1) is 0 Å². The van der Waals surface area contributed by atoms with Crippen molar-refractivity contribution < 1.29 is 5.11 Å². The highest BCUT2D eigenvalue weighted by Crippen LogP contribution is 2.41. The number of nitrogens with two attached hydrogens (primary N) is 1. The normalized spacial score (nSPS) is 23.8.